The number of ether oxygens (including phenoxy) is 6. The van der Waals surface area contributed by atoms with Crippen molar-refractivity contribution in [3.8, 4) is 17.2 Å². The molecule has 0 aliphatic carbocycles. The van der Waals surface area contributed by atoms with E-state index >= 15 is 4.39 Å². The first kappa shape index (κ1) is 76.6. The average molecular weight is 1400 g/mol. The van der Waals surface area contributed by atoms with Gasteiger partial charge in [0, 0.05) is 20.5 Å². The monoisotopic (exact) mass is 1390 g/mol. The molecule has 3 aromatic carbocycles. The summed E-state index contributed by atoms with van der Waals surface area (Å²) in [7, 11) is -8.69. The number of halogens is 2. The molecule has 12 atom stereocenters. The maximum absolute atomic E-state index is 15.4. The number of non-ortho nitro benzene ring substituents is 1. The molecule has 35 heteroatoms. The van der Waals surface area contributed by atoms with E-state index in [1.165, 1.54) is 59.8 Å². The van der Waals surface area contributed by atoms with Crippen LogP contribution in [0.1, 0.15) is 105 Å². The number of nitrogens with zero attached hydrogens (tertiary/aromatic N) is 7. The number of alkyl halides is 2. The normalized spacial score (nSPS) is 23.5. The van der Waals surface area contributed by atoms with E-state index in [9.17, 15) is 48.5 Å². The minimum Gasteiger partial charge on any atom is -0.464 e. The number of hydrogen-bond donors (Lipinski definition) is 7. The van der Waals surface area contributed by atoms with Gasteiger partial charge in [0.1, 0.15) is 109 Å². The maximum atomic E-state index is 15.4. The smallest absolute Gasteiger partial charge is 0.464 e. The van der Waals surface area contributed by atoms with Gasteiger partial charge in [-0.05, 0) is 100 Å². The second kappa shape index (κ2) is 33.2. The number of esters is 2. The van der Waals surface area contributed by atoms with Gasteiger partial charge in [-0.1, -0.05) is 89.8 Å². The fraction of sp³-hybridized carbons (Fsp3) is 0.484. The topological polar surface area (TPSA) is 401 Å². The molecule has 3 fully saturated rings. The Balaban J connectivity index is 0.000000218. The fourth-order valence-corrected chi connectivity index (χ4v) is 13.8. The van der Waals surface area contributed by atoms with Crippen LogP contribution >= 0.6 is 15.5 Å². The number of nitrogens with one attached hydrogen (secondary N) is 2. The van der Waals surface area contributed by atoms with Crippen molar-refractivity contribution in [2.24, 2.45) is 11.8 Å². The SMILES string of the molecule is CCC(CC)COC(=O)[C@H](C)N[P@@](=O)(Oc1ccccc1)O[C@@]1(CF)O[C@@H](c2ccc3c(N)ncnn23)[C@@H]2OC(C)(C)O[C@@H]21.CCC(CC)COC(=O)[C@H](C)N[P@](=O)(Oc1ccccc1)Oc1ccc([N+](=O)[O-])cc1.Nc1ncnn2c([C@@H]3O[C@@](CO)(CF)[C@@H](O)[C@H]3O)ccc12.[B]. The molecular weight excluding hydrogens is 1310 g/mol. The number of anilines is 2. The van der Waals surface area contributed by atoms with Crippen molar-refractivity contribution in [1.82, 2.24) is 39.4 Å². The fourth-order valence-electron chi connectivity index (χ4n) is 10.5. The Morgan fingerprint density at radius 1 is 0.670 bits per heavy atom. The van der Waals surface area contributed by atoms with E-state index in [2.05, 4.69) is 30.3 Å². The first-order chi connectivity index (χ1) is 45.7. The van der Waals surface area contributed by atoms with Crippen LogP contribution in [0.5, 0.6) is 17.2 Å². The molecule has 4 aromatic heterocycles. The van der Waals surface area contributed by atoms with E-state index in [1.807, 2.05) is 27.7 Å². The number of rotatable bonds is 28. The van der Waals surface area contributed by atoms with Crippen LogP contribution < -0.4 is 35.2 Å². The zero-order valence-electron chi connectivity index (χ0n) is 54.6. The number of carbonyl (C=O) groups excluding carboxylic acids is 2. The van der Waals surface area contributed by atoms with Crippen LogP contribution in [0, 0.1) is 22.0 Å². The van der Waals surface area contributed by atoms with E-state index in [-0.39, 0.29) is 68.0 Å². The highest BCUT2D eigenvalue weighted by Gasteiger charge is 2.67. The highest BCUT2D eigenvalue weighted by atomic mass is 31.2. The van der Waals surface area contributed by atoms with Crippen molar-refractivity contribution in [2.45, 2.75) is 147 Å². The van der Waals surface area contributed by atoms with Gasteiger partial charge in [-0.25, -0.2) is 41.4 Å². The molecule has 97 heavy (non-hydrogen) atoms. The second-order valence-electron chi connectivity index (χ2n) is 23.3. The summed E-state index contributed by atoms with van der Waals surface area (Å²) in [6.07, 6.45) is -1.18. The minimum absolute atomic E-state index is 0. The number of aliphatic hydroxyl groups is 3. The summed E-state index contributed by atoms with van der Waals surface area (Å²) in [6.45, 7) is 11.6. The predicted molar refractivity (Wildman–Crippen MR) is 348 cm³/mol. The number of nitrogen functional groups attached to an aromatic ring is 2. The average Bonchev–Trinajstić information content (AvgIpc) is 1.57. The summed E-state index contributed by atoms with van der Waals surface area (Å²) in [5.74, 6) is -3.34. The van der Waals surface area contributed by atoms with E-state index in [1.54, 1.807) is 98.8 Å². The third kappa shape index (κ3) is 18.1. The minimum atomic E-state index is -4.60. The third-order valence-electron chi connectivity index (χ3n) is 16.1. The molecule has 30 nitrogen and oxygen atoms in total. The number of aromatic nitrogens is 6. The zero-order chi connectivity index (χ0) is 69.8. The van der Waals surface area contributed by atoms with Crippen molar-refractivity contribution in [3.63, 3.8) is 0 Å². The number of aliphatic hydroxyl groups excluding tert-OH is 3. The molecular formula is C62H81BF2N11O19P2. The molecule has 3 saturated heterocycles. The highest BCUT2D eigenvalue weighted by molar-refractivity contribution is 7.52. The molecule has 0 bridgehead atoms. The standard InChI is InChI=1S/C29H39FN5O8P.C21H27N2O7P.C12H15FN4O4.B/c1-6-19(7-2)15-38-27(36)18(3)34-44(37,42-20-11-9-8-10-12-20)43-29(16-30)25-24(39-28(4,5)41-25)23(40-29)21-13-14-22-26(31)32-17-33-35(21)22;1-4-17(5-2)15-28-21(24)16(3)22-31(27,29-19-9-7-6-8-10-19)30-20-13-11-18(12-14-20)23(25)26;13-3-12(4-18)10(20)8(19)9(21-12)6-1-2-7-11(14)15-5-16-17(6)7;/h8-14,17-19,23-25H,6-7,15-16H2,1-5H3,(H,34,37)(H2,31,32,33);6-14,16-17H,4-5,15H2,1-3H3,(H,22,27);1-2,5,8-10,18-20H,3-4H2,(H2,14,15,16);/t18-,23-,24-,25-,29+,44+;16-,31-;8-,9-,10-,12+;/m000./s1. The Morgan fingerprint density at radius 2 is 1.12 bits per heavy atom. The largest absolute Gasteiger partial charge is 0.513 e. The van der Waals surface area contributed by atoms with Gasteiger partial charge in [-0.2, -0.15) is 20.4 Å². The van der Waals surface area contributed by atoms with Crippen LogP contribution in [0.15, 0.2) is 122 Å². The van der Waals surface area contributed by atoms with Crippen molar-refractivity contribution >= 4 is 64.2 Å². The Kier molecular flexibility index (Phi) is 26.2. The molecule has 3 aliphatic rings. The summed E-state index contributed by atoms with van der Waals surface area (Å²) >= 11 is 0. The van der Waals surface area contributed by atoms with E-state index in [4.69, 9.17) is 58.0 Å². The van der Waals surface area contributed by atoms with Gasteiger partial charge in [0.25, 0.3) is 5.69 Å². The van der Waals surface area contributed by atoms with Crippen molar-refractivity contribution in [1.29, 1.82) is 0 Å². The molecule has 0 amide bonds. The van der Waals surface area contributed by atoms with Crippen molar-refractivity contribution in [2.75, 3.05) is 44.6 Å². The summed E-state index contributed by atoms with van der Waals surface area (Å²) in [4.78, 5) is 43.4. The third-order valence-corrected chi connectivity index (χ3v) is 19.4. The molecule has 0 unspecified atom stereocenters. The molecule has 7 heterocycles. The lowest BCUT2D eigenvalue weighted by Crippen LogP contribution is -2.49. The van der Waals surface area contributed by atoms with Crippen LogP contribution in [-0.4, -0.2) is 157 Å². The summed E-state index contributed by atoms with van der Waals surface area (Å²) in [5.41, 5.74) is 11.6. The first-order valence-corrected chi connectivity index (χ1v) is 34.0. The maximum Gasteiger partial charge on any atom is 0.513 e. The Labute approximate surface area is 559 Å². The number of fused-ring (bicyclic) bond motifs is 3. The van der Waals surface area contributed by atoms with Gasteiger partial charge in [0.05, 0.1) is 36.1 Å². The van der Waals surface area contributed by atoms with Crippen LogP contribution in [-0.2, 0) is 51.7 Å². The molecule has 10 rings (SSSR count). The lowest BCUT2D eigenvalue weighted by molar-refractivity contribution is -0.384. The zero-order valence-corrected chi connectivity index (χ0v) is 56.4. The van der Waals surface area contributed by atoms with E-state index in [0.29, 0.717) is 22.4 Å². The number of hydrogen-bond acceptors (Lipinski definition) is 25. The number of benzene rings is 3. The Hall–Kier alpha value is -7.78. The summed E-state index contributed by atoms with van der Waals surface area (Å²) in [5, 5.41) is 53.7. The number of carbonyl (C=O) groups is 2. The van der Waals surface area contributed by atoms with Gasteiger partial charge < -0.3 is 68.8 Å². The lowest BCUT2D eigenvalue weighted by Gasteiger charge is -2.35. The van der Waals surface area contributed by atoms with E-state index in [0.717, 1.165) is 25.7 Å². The van der Waals surface area contributed by atoms with Crippen LogP contribution in [0.2, 0.25) is 0 Å². The molecule has 525 valence electrons. The Bertz CT molecular complexity index is 3830. The molecule has 3 radical (unpaired) electrons. The molecule has 3 aliphatic heterocycles. The molecule has 0 saturated carbocycles. The molecule has 0 spiro atoms. The summed E-state index contributed by atoms with van der Waals surface area (Å²) in [6, 6.07) is 26.0. The van der Waals surface area contributed by atoms with Gasteiger partial charge in [-0.3, -0.25) is 19.7 Å². The highest BCUT2D eigenvalue weighted by Crippen LogP contribution is 2.58. The van der Waals surface area contributed by atoms with Crippen LogP contribution in [0.4, 0.5) is 26.1 Å². The van der Waals surface area contributed by atoms with Gasteiger partial charge in [-0.15, -0.1) is 0 Å². The van der Waals surface area contributed by atoms with Crippen LogP contribution in [0.25, 0.3) is 11.0 Å². The van der Waals surface area contributed by atoms with Crippen molar-refractivity contribution in [3.05, 3.63) is 143 Å². The first-order valence-electron chi connectivity index (χ1n) is 30.9. The number of nitro groups is 1. The van der Waals surface area contributed by atoms with Crippen LogP contribution in [0.3, 0.4) is 0 Å². The van der Waals surface area contributed by atoms with E-state index < -0.39 is 118 Å². The number of nitrogens with two attached hydrogens (primary N) is 2. The number of para-hydroxylation sites is 2. The Morgan fingerprint density at radius 3 is 1.56 bits per heavy atom. The van der Waals surface area contributed by atoms with Crippen molar-refractivity contribution < 1.29 is 94.3 Å². The summed E-state index contributed by atoms with van der Waals surface area (Å²) < 4.78 is 117. The molecule has 9 N–H and O–H groups in total. The second-order valence-corrected chi connectivity index (χ2v) is 26.5. The van der Waals surface area contributed by atoms with Gasteiger partial charge >= 0.3 is 27.4 Å². The van der Waals surface area contributed by atoms with Gasteiger partial charge in [0.2, 0.25) is 5.79 Å². The lowest BCUT2D eigenvalue weighted by atomic mass is 9.96. The molecule has 7 aromatic rings. The quantitative estimate of drug-likeness (QED) is 0.00797. The van der Waals surface area contributed by atoms with Gasteiger partial charge in [0.15, 0.2) is 17.4 Å². The number of nitro benzene ring substituents is 1. The predicted octanol–water partition coefficient (Wildman–Crippen LogP) is 8.27.